The minimum absolute atomic E-state index is 0.286. The molecule has 2 N–H and O–H groups in total. The maximum absolute atomic E-state index is 11.7. The number of likely N-dealkylation sites (tertiary alicyclic amines) is 1. The van der Waals surface area contributed by atoms with Gasteiger partial charge in [-0.1, -0.05) is 20.3 Å². The van der Waals surface area contributed by atoms with E-state index in [4.69, 9.17) is 5.73 Å². The average Bonchev–Trinajstić information content (AvgIpc) is 2.36. The largest absolute Gasteiger partial charge is 0.329 e. The highest BCUT2D eigenvalue weighted by Gasteiger charge is 2.27. The molecule has 1 rings (SSSR count). The fourth-order valence-electron chi connectivity index (χ4n) is 2.76. The number of nitrogens with zero attached hydrogens (tertiary/aromatic N) is 1. The van der Waals surface area contributed by atoms with E-state index in [2.05, 4.69) is 11.8 Å². The van der Waals surface area contributed by atoms with Gasteiger partial charge < -0.3 is 5.73 Å². The molecule has 1 aliphatic rings. The van der Waals surface area contributed by atoms with E-state index in [1.165, 1.54) is 12.8 Å². The van der Waals surface area contributed by atoms with Gasteiger partial charge in [-0.25, -0.2) is 8.42 Å². The van der Waals surface area contributed by atoms with Gasteiger partial charge in [0, 0.05) is 24.9 Å². The van der Waals surface area contributed by atoms with E-state index in [1.54, 1.807) is 0 Å². The van der Waals surface area contributed by atoms with Crippen LogP contribution in [0.4, 0.5) is 0 Å². The second kappa shape index (κ2) is 7.46. The third-order valence-electron chi connectivity index (χ3n) is 4.00. The van der Waals surface area contributed by atoms with Crippen molar-refractivity contribution in [2.45, 2.75) is 45.6 Å². The van der Waals surface area contributed by atoms with Crippen molar-refractivity contribution in [3.05, 3.63) is 0 Å². The standard InChI is InChI=1S/C13H28N2O2S/c1-3-8-18(16,17)9-7-15-6-5-12(4-2)10-13(15)11-14/h12-13H,3-11,14H2,1-2H3. The van der Waals surface area contributed by atoms with Crippen LogP contribution in [-0.4, -0.2) is 50.5 Å². The molecule has 1 fully saturated rings. The van der Waals surface area contributed by atoms with Gasteiger partial charge in [-0.3, -0.25) is 4.90 Å². The van der Waals surface area contributed by atoms with Gasteiger partial charge in [-0.05, 0) is 31.7 Å². The lowest BCUT2D eigenvalue weighted by molar-refractivity contribution is 0.122. The summed E-state index contributed by atoms with van der Waals surface area (Å²) in [7, 11) is -2.86. The summed E-state index contributed by atoms with van der Waals surface area (Å²) >= 11 is 0. The van der Waals surface area contributed by atoms with Crippen LogP contribution in [0.25, 0.3) is 0 Å². The highest BCUT2D eigenvalue weighted by atomic mass is 32.2. The zero-order chi connectivity index (χ0) is 13.6. The fraction of sp³-hybridized carbons (Fsp3) is 1.00. The van der Waals surface area contributed by atoms with Crippen LogP contribution in [-0.2, 0) is 9.84 Å². The number of nitrogens with two attached hydrogens (primary N) is 1. The Labute approximate surface area is 112 Å². The molecule has 1 heterocycles. The van der Waals surface area contributed by atoms with Crippen LogP contribution in [0.15, 0.2) is 0 Å². The Morgan fingerprint density at radius 2 is 2.00 bits per heavy atom. The summed E-state index contributed by atoms with van der Waals surface area (Å²) in [4.78, 5) is 2.28. The van der Waals surface area contributed by atoms with E-state index in [-0.39, 0.29) is 5.75 Å². The molecule has 1 saturated heterocycles. The van der Waals surface area contributed by atoms with E-state index in [1.807, 2.05) is 6.92 Å². The van der Waals surface area contributed by atoms with E-state index < -0.39 is 9.84 Å². The first-order valence-corrected chi connectivity index (χ1v) is 8.99. The molecule has 1 aliphatic heterocycles. The summed E-state index contributed by atoms with van der Waals surface area (Å²) in [6.45, 7) is 6.43. The number of hydrogen-bond donors (Lipinski definition) is 1. The molecule has 0 aliphatic carbocycles. The van der Waals surface area contributed by atoms with Crippen molar-refractivity contribution in [1.29, 1.82) is 0 Å². The normalized spacial score (nSPS) is 26.4. The van der Waals surface area contributed by atoms with Crippen molar-refractivity contribution in [1.82, 2.24) is 4.90 Å². The van der Waals surface area contributed by atoms with Crippen molar-refractivity contribution < 1.29 is 8.42 Å². The van der Waals surface area contributed by atoms with Crippen LogP contribution >= 0.6 is 0 Å². The molecule has 0 bridgehead atoms. The molecule has 5 heteroatoms. The molecule has 0 amide bonds. The zero-order valence-electron chi connectivity index (χ0n) is 11.8. The Kier molecular flexibility index (Phi) is 6.60. The molecular formula is C13H28N2O2S. The summed E-state index contributed by atoms with van der Waals surface area (Å²) in [5, 5.41) is 0. The molecule has 18 heavy (non-hydrogen) atoms. The Hall–Kier alpha value is -0.130. The Morgan fingerprint density at radius 1 is 1.28 bits per heavy atom. The Bertz CT molecular complexity index is 330. The lowest BCUT2D eigenvalue weighted by Crippen LogP contribution is -2.48. The van der Waals surface area contributed by atoms with Crippen LogP contribution < -0.4 is 5.73 Å². The third kappa shape index (κ3) is 4.86. The maximum atomic E-state index is 11.7. The van der Waals surface area contributed by atoms with Crippen molar-refractivity contribution in [2.24, 2.45) is 11.7 Å². The number of piperidine rings is 1. The van der Waals surface area contributed by atoms with Gasteiger partial charge >= 0.3 is 0 Å². The summed E-state index contributed by atoms with van der Waals surface area (Å²) in [6.07, 6.45) is 4.22. The summed E-state index contributed by atoms with van der Waals surface area (Å²) in [6, 6.07) is 0.375. The van der Waals surface area contributed by atoms with Gasteiger partial charge in [0.2, 0.25) is 0 Å². The molecule has 0 aromatic heterocycles. The topological polar surface area (TPSA) is 63.4 Å². The molecule has 2 unspecified atom stereocenters. The Morgan fingerprint density at radius 3 is 2.56 bits per heavy atom. The van der Waals surface area contributed by atoms with Crippen LogP contribution in [0.5, 0.6) is 0 Å². The maximum Gasteiger partial charge on any atom is 0.151 e. The quantitative estimate of drug-likeness (QED) is 0.760. The minimum Gasteiger partial charge on any atom is -0.329 e. The van der Waals surface area contributed by atoms with Gasteiger partial charge in [0.15, 0.2) is 9.84 Å². The van der Waals surface area contributed by atoms with Crippen molar-refractivity contribution in [3.63, 3.8) is 0 Å². The van der Waals surface area contributed by atoms with E-state index in [0.29, 0.717) is 31.3 Å². The minimum atomic E-state index is -2.86. The highest BCUT2D eigenvalue weighted by molar-refractivity contribution is 7.91. The van der Waals surface area contributed by atoms with E-state index >= 15 is 0 Å². The number of rotatable bonds is 7. The molecule has 0 aromatic carbocycles. The average molecular weight is 276 g/mol. The lowest BCUT2D eigenvalue weighted by atomic mass is 9.89. The number of hydrogen-bond acceptors (Lipinski definition) is 4. The van der Waals surface area contributed by atoms with Crippen molar-refractivity contribution in [3.8, 4) is 0 Å². The van der Waals surface area contributed by atoms with Crippen LogP contribution in [0, 0.1) is 5.92 Å². The smallest absolute Gasteiger partial charge is 0.151 e. The molecular weight excluding hydrogens is 248 g/mol. The second-order valence-corrected chi connectivity index (χ2v) is 7.68. The summed E-state index contributed by atoms with van der Waals surface area (Å²) in [5.41, 5.74) is 5.82. The molecule has 0 radical (unpaired) electrons. The number of sulfone groups is 1. The Balaban J connectivity index is 2.46. The van der Waals surface area contributed by atoms with Crippen molar-refractivity contribution >= 4 is 9.84 Å². The fourth-order valence-corrected chi connectivity index (χ4v) is 4.10. The monoisotopic (exact) mass is 276 g/mol. The molecule has 0 spiro atoms. The first-order chi connectivity index (χ1) is 8.52. The zero-order valence-corrected chi connectivity index (χ0v) is 12.6. The first kappa shape index (κ1) is 15.9. The molecule has 2 atom stereocenters. The predicted octanol–water partition coefficient (Wildman–Crippen LogP) is 1.26. The van der Waals surface area contributed by atoms with Gasteiger partial charge in [-0.15, -0.1) is 0 Å². The van der Waals surface area contributed by atoms with Gasteiger partial charge in [0.25, 0.3) is 0 Å². The van der Waals surface area contributed by atoms with E-state index in [0.717, 1.165) is 18.9 Å². The molecule has 108 valence electrons. The van der Waals surface area contributed by atoms with Crippen LogP contribution in [0.2, 0.25) is 0 Å². The molecule has 0 aromatic rings. The van der Waals surface area contributed by atoms with Gasteiger partial charge in [-0.2, -0.15) is 0 Å². The highest BCUT2D eigenvalue weighted by Crippen LogP contribution is 2.24. The third-order valence-corrected chi connectivity index (χ3v) is 5.84. The van der Waals surface area contributed by atoms with Crippen LogP contribution in [0.1, 0.15) is 39.5 Å². The van der Waals surface area contributed by atoms with Gasteiger partial charge in [0.1, 0.15) is 0 Å². The summed E-state index contributed by atoms with van der Waals surface area (Å²) < 4.78 is 23.5. The SMILES string of the molecule is CCCS(=O)(=O)CCN1CCC(CC)CC1CN. The predicted molar refractivity (Wildman–Crippen MR) is 76.4 cm³/mol. The lowest BCUT2D eigenvalue weighted by Gasteiger charge is -2.38. The van der Waals surface area contributed by atoms with Crippen molar-refractivity contribution in [2.75, 3.05) is 31.1 Å². The summed E-state index contributed by atoms with van der Waals surface area (Å²) in [5.74, 6) is 1.36. The molecule has 0 saturated carbocycles. The van der Waals surface area contributed by atoms with Gasteiger partial charge in [0.05, 0.1) is 5.75 Å². The van der Waals surface area contributed by atoms with Crippen LogP contribution in [0.3, 0.4) is 0 Å². The second-order valence-electron chi connectivity index (χ2n) is 5.38. The first-order valence-electron chi connectivity index (χ1n) is 7.17. The molecule has 4 nitrogen and oxygen atoms in total. The van der Waals surface area contributed by atoms with E-state index in [9.17, 15) is 8.42 Å².